The molecule has 0 saturated carbocycles. The molecule has 0 bridgehead atoms. The van der Waals surface area contributed by atoms with Crippen molar-refractivity contribution in [1.29, 1.82) is 0 Å². The molecule has 1 heterocycles. The number of nitrogens with one attached hydrogen (secondary N) is 1. The molecule has 2 aromatic carbocycles. The van der Waals surface area contributed by atoms with E-state index in [0.717, 1.165) is 11.7 Å². The number of anilines is 1. The van der Waals surface area contributed by atoms with E-state index in [4.69, 9.17) is 9.15 Å². The van der Waals surface area contributed by atoms with Gasteiger partial charge in [0.1, 0.15) is 24.2 Å². The summed E-state index contributed by atoms with van der Waals surface area (Å²) >= 11 is 0. The summed E-state index contributed by atoms with van der Waals surface area (Å²) in [6, 6.07) is 13.1. The van der Waals surface area contributed by atoms with Crippen LogP contribution in [0.2, 0.25) is 0 Å². The summed E-state index contributed by atoms with van der Waals surface area (Å²) in [5, 5.41) is 3.36. The van der Waals surface area contributed by atoms with Crippen LogP contribution >= 0.6 is 0 Å². The molecule has 0 aliphatic carbocycles. The molecule has 3 aromatic rings. The van der Waals surface area contributed by atoms with E-state index in [1.54, 1.807) is 42.5 Å². The standard InChI is InChI=1S/C19H15NO5/c1-12(22)20-15-4-7-17-14(8-19(23)25-18(17)9-15)11-24-16-5-2-13(10-21)3-6-16/h2-10H,11H2,1H3,(H,20,22). The number of carbonyl (C=O) groups excluding carboxylic acids is 2. The molecule has 6 nitrogen and oxygen atoms in total. The van der Waals surface area contributed by atoms with E-state index in [1.807, 2.05) is 0 Å². The number of hydrogen-bond donors (Lipinski definition) is 1. The number of amides is 1. The van der Waals surface area contributed by atoms with E-state index in [2.05, 4.69) is 5.32 Å². The molecule has 0 spiro atoms. The van der Waals surface area contributed by atoms with Crippen LogP contribution in [0.5, 0.6) is 5.75 Å². The summed E-state index contributed by atoms with van der Waals surface area (Å²) < 4.78 is 10.9. The normalized spacial score (nSPS) is 10.4. The Hall–Kier alpha value is -3.41. The van der Waals surface area contributed by atoms with Crippen molar-refractivity contribution < 1.29 is 18.7 Å². The maximum atomic E-state index is 11.8. The van der Waals surface area contributed by atoms with Gasteiger partial charge in [-0.15, -0.1) is 0 Å². The number of fused-ring (bicyclic) bond motifs is 1. The zero-order valence-corrected chi connectivity index (χ0v) is 13.4. The molecule has 126 valence electrons. The Labute approximate surface area is 143 Å². The highest BCUT2D eigenvalue weighted by Gasteiger charge is 2.08. The van der Waals surface area contributed by atoms with E-state index < -0.39 is 5.63 Å². The maximum absolute atomic E-state index is 11.8. The first kappa shape index (κ1) is 16.4. The van der Waals surface area contributed by atoms with Gasteiger partial charge in [-0.3, -0.25) is 9.59 Å². The molecule has 0 atom stereocenters. The number of benzene rings is 2. The largest absolute Gasteiger partial charge is 0.489 e. The van der Waals surface area contributed by atoms with Gasteiger partial charge >= 0.3 is 5.63 Å². The van der Waals surface area contributed by atoms with Gasteiger partial charge in [-0.1, -0.05) is 0 Å². The third-order valence-electron chi connectivity index (χ3n) is 3.56. The van der Waals surface area contributed by atoms with Crippen molar-refractivity contribution in [3.05, 3.63) is 70.1 Å². The average molecular weight is 337 g/mol. The first-order chi connectivity index (χ1) is 12.0. The van der Waals surface area contributed by atoms with Crippen LogP contribution < -0.4 is 15.7 Å². The fourth-order valence-corrected chi connectivity index (χ4v) is 2.43. The summed E-state index contributed by atoms with van der Waals surface area (Å²) in [4.78, 5) is 33.6. The van der Waals surface area contributed by atoms with Gasteiger partial charge in [0.25, 0.3) is 0 Å². The van der Waals surface area contributed by atoms with Crippen LogP contribution in [0, 0.1) is 0 Å². The molecule has 0 aliphatic heterocycles. The van der Waals surface area contributed by atoms with Crippen molar-refractivity contribution in [2.75, 3.05) is 5.32 Å². The highest BCUT2D eigenvalue weighted by atomic mass is 16.5. The molecule has 0 radical (unpaired) electrons. The number of aldehydes is 1. The Bertz CT molecular complexity index is 989. The molecule has 3 rings (SSSR count). The van der Waals surface area contributed by atoms with Crippen LogP contribution in [0.25, 0.3) is 11.0 Å². The van der Waals surface area contributed by atoms with Crippen molar-refractivity contribution in [1.82, 2.24) is 0 Å². The van der Waals surface area contributed by atoms with E-state index in [-0.39, 0.29) is 12.5 Å². The molecule has 1 aromatic heterocycles. The Kier molecular flexibility index (Phi) is 4.61. The average Bonchev–Trinajstić information content (AvgIpc) is 2.59. The summed E-state index contributed by atoms with van der Waals surface area (Å²) in [6.45, 7) is 1.57. The fraction of sp³-hybridized carbons (Fsp3) is 0.105. The SMILES string of the molecule is CC(=O)Nc1ccc2c(COc3ccc(C=O)cc3)cc(=O)oc2c1. The molecular weight excluding hydrogens is 322 g/mol. The van der Waals surface area contributed by atoms with Gasteiger partial charge in [-0.25, -0.2) is 4.79 Å². The van der Waals surface area contributed by atoms with Crippen molar-refractivity contribution in [2.24, 2.45) is 0 Å². The van der Waals surface area contributed by atoms with Crippen LogP contribution in [0.1, 0.15) is 22.8 Å². The quantitative estimate of drug-likeness (QED) is 0.571. The van der Waals surface area contributed by atoms with Crippen LogP contribution in [0.3, 0.4) is 0 Å². The van der Waals surface area contributed by atoms with Gasteiger partial charge in [-0.05, 0) is 36.4 Å². The molecular formula is C19H15NO5. The minimum Gasteiger partial charge on any atom is -0.489 e. The summed E-state index contributed by atoms with van der Waals surface area (Å²) in [7, 11) is 0. The Balaban J connectivity index is 1.88. The number of hydrogen-bond acceptors (Lipinski definition) is 5. The van der Waals surface area contributed by atoms with E-state index in [9.17, 15) is 14.4 Å². The third-order valence-corrected chi connectivity index (χ3v) is 3.56. The molecule has 0 aliphatic rings. The Morgan fingerprint density at radius 3 is 2.60 bits per heavy atom. The maximum Gasteiger partial charge on any atom is 0.336 e. The smallest absolute Gasteiger partial charge is 0.336 e. The van der Waals surface area contributed by atoms with Crippen LogP contribution in [0.4, 0.5) is 5.69 Å². The van der Waals surface area contributed by atoms with Crippen molar-refractivity contribution in [2.45, 2.75) is 13.5 Å². The number of ether oxygens (including phenoxy) is 1. The molecule has 1 N–H and O–H groups in total. The first-order valence-corrected chi connectivity index (χ1v) is 7.57. The molecule has 0 fully saturated rings. The van der Waals surface area contributed by atoms with Crippen LogP contribution in [-0.2, 0) is 11.4 Å². The van der Waals surface area contributed by atoms with Crippen molar-refractivity contribution in [3.8, 4) is 5.75 Å². The van der Waals surface area contributed by atoms with Crippen molar-refractivity contribution >= 4 is 28.8 Å². The first-order valence-electron chi connectivity index (χ1n) is 7.57. The van der Waals surface area contributed by atoms with Gasteiger partial charge < -0.3 is 14.5 Å². The lowest BCUT2D eigenvalue weighted by atomic mass is 10.1. The van der Waals surface area contributed by atoms with Gasteiger partial charge in [0.05, 0.1) is 0 Å². The molecule has 1 amide bonds. The second-order valence-electron chi connectivity index (χ2n) is 5.46. The highest BCUT2D eigenvalue weighted by Crippen LogP contribution is 2.23. The monoisotopic (exact) mass is 337 g/mol. The van der Waals surface area contributed by atoms with E-state index in [1.165, 1.54) is 13.0 Å². The minimum atomic E-state index is -0.498. The second kappa shape index (κ2) is 7.00. The van der Waals surface area contributed by atoms with E-state index >= 15 is 0 Å². The predicted molar refractivity (Wildman–Crippen MR) is 92.9 cm³/mol. The zero-order valence-electron chi connectivity index (χ0n) is 13.4. The second-order valence-corrected chi connectivity index (χ2v) is 5.46. The predicted octanol–water partition coefficient (Wildman–Crippen LogP) is 3.14. The third kappa shape index (κ3) is 3.92. The molecule has 0 unspecified atom stereocenters. The molecule has 6 heteroatoms. The topological polar surface area (TPSA) is 85.6 Å². The lowest BCUT2D eigenvalue weighted by Gasteiger charge is -2.09. The Morgan fingerprint density at radius 1 is 1.16 bits per heavy atom. The van der Waals surface area contributed by atoms with Gasteiger partial charge in [0, 0.05) is 41.3 Å². The minimum absolute atomic E-state index is 0.169. The van der Waals surface area contributed by atoms with Gasteiger partial charge in [0.15, 0.2) is 0 Å². The molecule has 25 heavy (non-hydrogen) atoms. The highest BCUT2D eigenvalue weighted by molar-refractivity contribution is 5.92. The number of carbonyl (C=O) groups is 2. The van der Waals surface area contributed by atoms with Gasteiger partial charge in [-0.2, -0.15) is 0 Å². The van der Waals surface area contributed by atoms with Crippen LogP contribution in [0.15, 0.2) is 57.7 Å². The molecule has 0 saturated heterocycles. The van der Waals surface area contributed by atoms with Gasteiger partial charge in [0.2, 0.25) is 5.91 Å². The number of rotatable bonds is 5. The zero-order chi connectivity index (χ0) is 17.8. The lowest BCUT2D eigenvalue weighted by Crippen LogP contribution is -2.07. The van der Waals surface area contributed by atoms with E-state index in [0.29, 0.717) is 28.1 Å². The Morgan fingerprint density at radius 2 is 1.92 bits per heavy atom. The van der Waals surface area contributed by atoms with Crippen LogP contribution in [-0.4, -0.2) is 12.2 Å². The summed E-state index contributed by atoms with van der Waals surface area (Å²) in [6.07, 6.45) is 0.756. The summed E-state index contributed by atoms with van der Waals surface area (Å²) in [5.41, 5.74) is 1.64. The van der Waals surface area contributed by atoms with Crippen molar-refractivity contribution in [3.63, 3.8) is 0 Å². The summed E-state index contributed by atoms with van der Waals surface area (Å²) in [5.74, 6) is 0.377. The fourth-order valence-electron chi connectivity index (χ4n) is 2.43. The lowest BCUT2D eigenvalue weighted by molar-refractivity contribution is -0.114.